The summed E-state index contributed by atoms with van der Waals surface area (Å²) in [6.45, 7) is 0. The van der Waals surface area contributed by atoms with Gasteiger partial charge in [-0.1, -0.05) is 24.4 Å². The highest BCUT2D eigenvalue weighted by molar-refractivity contribution is 6.29. The van der Waals surface area contributed by atoms with Crippen molar-refractivity contribution in [3.8, 4) is 0 Å². The van der Waals surface area contributed by atoms with Gasteiger partial charge in [0.25, 0.3) is 11.5 Å². The summed E-state index contributed by atoms with van der Waals surface area (Å²) in [4.78, 5) is 10.8. The molecule has 0 heterocycles. The van der Waals surface area contributed by atoms with Gasteiger partial charge in [0.05, 0.1) is 12.1 Å². The van der Waals surface area contributed by atoms with Gasteiger partial charge in [-0.2, -0.15) is 0 Å². The summed E-state index contributed by atoms with van der Waals surface area (Å²) in [6, 6.07) is -0.335. The van der Waals surface area contributed by atoms with E-state index >= 15 is 0 Å². The van der Waals surface area contributed by atoms with Crippen LogP contribution in [0.4, 0.5) is 4.39 Å². The summed E-state index contributed by atoms with van der Waals surface area (Å²) in [7, 11) is 0. The summed E-state index contributed by atoms with van der Waals surface area (Å²) in [5, 5.41) is 11.8. The fraction of sp³-hybridized carbons (Fsp3) is 0.875. The first kappa shape index (κ1) is 10.7. The van der Waals surface area contributed by atoms with Crippen LogP contribution >= 0.6 is 11.6 Å². The van der Waals surface area contributed by atoms with Crippen LogP contribution in [-0.4, -0.2) is 28.8 Å². The van der Waals surface area contributed by atoms with Crippen LogP contribution in [0, 0.1) is 0 Å². The van der Waals surface area contributed by atoms with E-state index in [1.165, 1.54) is 0 Å². The molecule has 3 atom stereocenters. The van der Waals surface area contributed by atoms with E-state index in [2.05, 4.69) is 5.32 Å². The van der Waals surface area contributed by atoms with Gasteiger partial charge in [-0.15, -0.1) is 0 Å². The number of amides is 1. The van der Waals surface area contributed by atoms with Crippen molar-refractivity contribution in [1.82, 2.24) is 5.32 Å². The molecule has 0 aliphatic heterocycles. The molecule has 1 saturated carbocycles. The molecule has 0 aromatic heterocycles. The molecule has 1 fully saturated rings. The van der Waals surface area contributed by atoms with Gasteiger partial charge in [-0.25, -0.2) is 4.39 Å². The summed E-state index contributed by atoms with van der Waals surface area (Å²) < 4.78 is 12.2. The first-order chi connectivity index (χ1) is 6.11. The smallest absolute Gasteiger partial charge is 0.270 e. The quantitative estimate of drug-likeness (QED) is 0.665. The minimum Gasteiger partial charge on any atom is -0.391 e. The molecule has 1 unspecified atom stereocenters. The van der Waals surface area contributed by atoms with Crippen LogP contribution in [0.15, 0.2) is 0 Å². The van der Waals surface area contributed by atoms with Gasteiger partial charge in [-0.05, 0) is 12.8 Å². The summed E-state index contributed by atoms with van der Waals surface area (Å²) in [6.07, 6.45) is 2.68. The number of nitrogens with one attached hydrogen (secondary N) is 1. The number of aliphatic hydroxyl groups is 1. The van der Waals surface area contributed by atoms with E-state index in [1.807, 2.05) is 0 Å². The molecule has 0 bridgehead atoms. The molecular formula is C8H13ClFNO2. The third kappa shape index (κ3) is 3.12. The Labute approximate surface area is 81.3 Å². The number of carbonyl (C=O) groups is 1. The fourth-order valence-corrected chi connectivity index (χ4v) is 1.59. The van der Waals surface area contributed by atoms with Crippen molar-refractivity contribution in [2.45, 2.75) is 43.5 Å². The third-order valence-electron chi connectivity index (χ3n) is 2.26. The molecule has 0 spiro atoms. The highest BCUT2D eigenvalue weighted by Crippen LogP contribution is 2.18. The molecule has 1 aliphatic rings. The van der Waals surface area contributed by atoms with E-state index in [-0.39, 0.29) is 6.04 Å². The van der Waals surface area contributed by atoms with Crippen LogP contribution in [0.25, 0.3) is 0 Å². The minimum absolute atomic E-state index is 0.335. The second-order valence-electron chi connectivity index (χ2n) is 3.27. The van der Waals surface area contributed by atoms with E-state index < -0.39 is 17.6 Å². The lowest BCUT2D eigenvalue weighted by atomic mass is 9.92. The van der Waals surface area contributed by atoms with Gasteiger partial charge in [0, 0.05) is 0 Å². The largest absolute Gasteiger partial charge is 0.391 e. The molecule has 1 rings (SSSR count). The van der Waals surface area contributed by atoms with Gasteiger partial charge in [0.2, 0.25) is 0 Å². The molecule has 2 N–H and O–H groups in total. The lowest BCUT2D eigenvalue weighted by molar-refractivity contribution is -0.125. The van der Waals surface area contributed by atoms with Crippen molar-refractivity contribution >= 4 is 17.5 Å². The molecular weight excluding hydrogens is 197 g/mol. The number of alkyl halides is 2. The first-order valence-electron chi connectivity index (χ1n) is 4.38. The predicted octanol–water partition coefficient (Wildman–Crippen LogP) is 0.940. The Balaban J connectivity index is 2.38. The first-order valence-corrected chi connectivity index (χ1v) is 4.81. The SMILES string of the molecule is O=C(N[C@H]1CCCC[C@@H]1O)C(F)Cl. The number of hydrogen-bond donors (Lipinski definition) is 2. The number of rotatable bonds is 2. The molecule has 1 aliphatic carbocycles. The van der Waals surface area contributed by atoms with Crippen LogP contribution in [0.3, 0.4) is 0 Å². The molecule has 76 valence electrons. The summed E-state index contributed by atoms with van der Waals surface area (Å²) in [5.41, 5.74) is -2.02. The minimum atomic E-state index is -2.02. The van der Waals surface area contributed by atoms with Gasteiger partial charge in [-0.3, -0.25) is 4.79 Å². The fourth-order valence-electron chi connectivity index (χ4n) is 1.53. The van der Waals surface area contributed by atoms with Crippen molar-refractivity contribution < 1.29 is 14.3 Å². The molecule has 0 saturated heterocycles. The zero-order valence-electron chi connectivity index (χ0n) is 7.17. The van der Waals surface area contributed by atoms with Gasteiger partial charge in [0.1, 0.15) is 0 Å². The van der Waals surface area contributed by atoms with Gasteiger partial charge < -0.3 is 10.4 Å². The van der Waals surface area contributed by atoms with Crippen LogP contribution < -0.4 is 5.32 Å². The normalized spacial score (nSPS) is 31.0. The molecule has 3 nitrogen and oxygen atoms in total. The Hall–Kier alpha value is -0.350. The van der Waals surface area contributed by atoms with E-state index in [0.29, 0.717) is 12.8 Å². The lowest BCUT2D eigenvalue weighted by Gasteiger charge is -2.28. The van der Waals surface area contributed by atoms with Crippen molar-refractivity contribution in [1.29, 1.82) is 0 Å². The maximum Gasteiger partial charge on any atom is 0.270 e. The molecule has 0 aromatic carbocycles. The molecule has 13 heavy (non-hydrogen) atoms. The Morgan fingerprint density at radius 3 is 2.69 bits per heavy atom. The maximum absolute atomic E-state index is 12.2. The van der Waals surface area contributed by atoms with Crippen molar-refractivity contribution in [3.63, 3.8) is 0 Å². The van der Waals surface area contributed by atoms with Gasteiger partial charge >= 0.3 is 0 Å². The molecule has 0 aromatic rings. The van der Waals surface area contributed by atoms with Crippen LogP contribution in [0.1, 0.15) is 25.7 Å². The topological polar surface area (TPSA) is 49.3 Å². The Kier molecular flexibility index (Phi) is 3.93. The second kappa shape index (κ2) is 4.77. The van der Waals surface area contributed by atoms with E-state index in [9.17, 15) is 14.3 Å². The zero-order chi connectivity index (χ0) is 9.84. The predicted molar refractivity (Wildman–Crippen MR) is 47.2 cm³/mol. The Morgan fingerprint density at radius 2 is 2.15 bits per heavy atom. The number of halogens is 2. The van der Waals surface area contributed by atoms with Crippen molar-refractivity contribution in [2.24, 2.45) is 0 Å². The van der Waals surface area contributed by atoms with E-state index in [0.717, 1.165) is 12.8 Å². The summed E-state index contributed by atoms with van der Waals surface area (Å²) in [5.74, 6) is -0.854. The van der Waals surface area contributed by atoms with E-state index in [1.54, 1.807) is 0 Å². The van der Waals surface area contributed by atoms with Gasteiger partial charge in [0.15, 0.2) is 0 Å². The van der Waals surface area contributed by atoms with Crippen molar-refractivity contribution in [2.75, 3.05) is 0 Å². The standard InChI is InChI=1S/C8H13ClFNO2/c9-7(10)8(13)11-5-3-1-2-4-6(5)12/h5-7,12H,1-4H2,(H,11,13)/t5-,6-,7?/m0/s1. The van der Waals surface area contributed by atoms with Crippen LogP contribution in [-0.2, 0) is 4.79 Å². The second-order valence-corrected chi connectivity index (χ2v) is 3.65. The average molecular weight is 210 g/mol. The van der Waals surface area contributed by atoms with E-state index in [4.69, 9.17) is 11.6 Å². The number of aliphatic hydroxyl groups excluding tert-OH is 1. The monoisotopic (exact) mass is 209 g/mol. The average Bonchev–Trinajstić information content (AvgIpc) is 2.08. The summed E-state index contributed by atoms with van der Waals surface area (Å²) >= 11 is 4.93. The highest BCUT2D eigenvalue weighted by atomic mass is 35.5. The van der Waals surface area contributed by atoms with Crippen molar-refractivity contribution in [3.05, 3.63) is 0 Å². The zero-order valence-corrected chi connectivity index (χ0v) is 7.93. The lowest BCUT2D eigenvalue weighted by Crippen LogP contribution is -2.46. The Bertz CT molecular complexity index is 189. The van der Waals surface area contributed by atoms with Crippen LogP contribution in [0.5, 0.6) is 0 Å². The highest BCUT2D eigenvalue weighted by Gasteiger charge is 2.26. The maximum atomic E-state index is 12.2. The Morgan fingerprint density at radius 1 is 1.54 bits per heavy atom. The molecule has 0 radical (unpaired) electrons. The van der Waals surface area contributed by atoms with Crippen LogP contribution in [0.2, 0.25) is 0 Å². The molecule has 1 amide bonds. The number of carbonyl (C=O) groups excluding carboxylic acids is 1. The number of hydrogen-bond acceptors (Lipinski definition) is 2. The molecule has 5 heteroatoms. The third-order valence-corrected chi connectivity index (χ3v) is 2.45.